The summed E-state index contributed by atoms with van der Waals surface area (Å²) >= 11 is 0. The van der Waals surface area contributed by atoms with Crippen LogP contribution in [0.25, 0.3) is 0 Å². The Morgan fingerprint density at radius 2 is 2.06 bits per heavy atom. The number of nitrogens with two attached hydrogens (primary N) is 1. The molecule has 1 aromatic rings. The first-order chi connectivity index (χ1) is 8.50. The molecule has 0 spiro atoms. The van der Waals surface area contributed by atoms with Crippen LogP contribution >= 0.6 is 0 Å². The zero-order chi connectivity index (χ0) is 13.3. The van der Waals surface area contributed by atoms with E-state index in [9.17, 15) is 4.79 Å². The van der Waals surface area contributed by atoms with Crippen molar-refractivity contribution in [2.24, 2.45) is 11.8 Å². The molecule has 1 aromatic carbocycles. The van der Waals surface area contributed by atoms with Gasteiger partial charge in [-0.3, -0.25) is 4.79 Å². The van der Waals surface area contributed by atoms with E-state index in [1.165, 1.54) is 5.56 Å². The smallest absolute Gasteiger partial charge is 0.230 e. The fourth-order valence-corrected chi connectivity index (χ4v) is 2.38. The number of nitrogens with zero attached hydrogens (tertiary/aromatic N) is 1. The van der Waals surface area contributed by atoms with Gasteiger partial charge in [0, 0.05) is 23.8 Å². The molecule has 3 heteroatoms. The summed E-state index contributed by atoms with van der Waals surface area (Å²) in [4.78, 5) is 14.4. The zero-order valence-corrected chi connectivity index (χ0v) is 11.4. The highest BCUT2D eigenvalue weighted by Gasteiger charge is 2.27. The van der Waals surface area contributed by atoms with E-state index in [4.69, 9.17) is 5.73 Å². The molecule has 0 bridgehead atoms. The van der Waals surface area contributed by atoms with Crippen molar-refractivity contribution in [2.45, 2.75) is 33.6 Å². The molecule has 1 heterocycles. The Kier molecular flexibility index (Phi) is 3.60. The third kappa shape index (κ3) is 2.35. The van der Waals surface area contributed by atoms with Crippen LogP contribution in [0.4, 0.5) is 11.4 Å². The maximum Gasteiger partial charge on any atom is 0.230 e. The van der Waals surface area contributed by atoms with Crippen LogP contribution in [0.2, 0.25) is 0 Å². The predicted octanol–water partition coefficient (Wildman–Crippen LogP) is 2.84. The number of hydrogen-bond acceptors (Lipinski definition) is 2. The van der Waals surface area contributed by atoms with E-state index < -0.39 is 0 Å². The van der Waals surface area contributed by atoms with Crippen LogP contribution in [-0.2, 0) is 11.2 Å². The lowest BCUT2D eigenvalue weighted by atomic mass is 9.94. The number of benzene rings is 1. The fraction of sp³-hybridized carbons (Fsp3) is 0.533. The summed E-state index contributed by atoms with van der Waals surface area (Å²) < 4.78 is 0. The number of amides is 1. The number of hydrogen-bond donors (Lipinski definition) is 1. The van der Waals surface area contributed by atoms with Crippen molar-refractivity contribution in [1.82, 2.24) is 0 Å². The van der Waals surface area contributed by atoms with Gasteiger partial charge in [0.05, 0.1) is 0 Å². The molecule has 3 nitrogen and oxygen atoms in total. The Hall–Kier alpha value is -1.51. The first-order valence-corrected chi connectivity index (χ1v) is 6.70. The summed E-state index contributed by atoms with van der Waals surface area (Å²) in [7, 11) is 0. The number of carbonyl (C=O) groups is 1. The molecule has 2 rings (SSSR count). The van der Waals surface area contributed by atoms with Crippen molar-refractivity contribution in [3.63, 3.8) is 0 Å². The maximum absolute atomic E-state index is 12.5. The number of aryl methyl sites for hydroxylation is 1. The molecule has 98 valence electrons. The van der Waals surface area contributed by atoms with Gasteiger partial charge in [-0.15, -0.1) is 0 Å². The maximum atomic E-state index is 12.5. The quantitative estimate of drug-likeness (QED) is 0.816. The van der Waals surface area contributed by atoms with Crippen LogP contribution in [0.3, 0.4) is 0 Å². The predicted molar refractivity (Wildman–Crippen MR) is 75.5 cm³/mol. The van der Waals surface area contributed by atoms with E-state index in [-0.39, 0.29) is 11.8 Å². The van der Waals surface area contributed by atoms with E-state index in [0.717, 1.165) is 30.8 Å². The Morgan fingerprint density at radius 3 is 2.72 bits per heavy atom. The topological polar surface area (TPSA) is 46.3 Å². The van der Waals surface area contributed by atoms with Crippen LogP contribution < -0.4 is 10.6 Å². The number of fused-ring (bicyclic) bond motifs is 1. The average molecular weight is 246 g/mol. The molecular formula is C15H22N2O. The standard InChI is InChI=1S/C15H22N2O/c1-10(2)11(3)15(18)17-8-4-5-12-9-13(16)6-7-14(12)17/h6-7,9-11H,4-5,8,16H2,1-3H3. The number of nitrogen functional groups attached to an aromatic ring is 1. The van der Waals surface area contributed by atoms with Crippen molar-refractivity contribution in [3.05, 3.63) is 23.8 Å². The van der Waals surface area contributed by atoms with Crippen molar-refractivity contribution in [3.8, 4) is 0 Å². The molecule has 0 fully saturated rings. The molecule has 1 unspecified atom stereocenters. The van der Waals surface area contributed by atoms with E-state index in [1.807, 2.05) is 30.0 Å². The second-order valence-electron chi connectivity index (χ2n) is 5.51. The van der Waals surface area contributed by atoms with Gasteiger partial charge in [-0.05, 0) is 42.5 Å². The molecule has 1 atom stereocenters. The van der Waals surface area contributed by atoms with Crippen molar-refractivity contribution in [2.75, 3.05) is 17.2 Å². The Morgan fingerprint density at radius 1 is 1.33 bits per heavy atom. The van der Waals surface area contributed by atoms with Gasteiger partial charge in [0.25, 0.3) is 0 Å². The van der Waals surface area contributed by atoms with Gasteiger partial charge in [-0.25, -0.2) is 0 Å². The van der Waals surface area contributed by atoms with Crippen LogP contribution in [0, 0.1) is 11.8 Å². The van der Waals surface area contributed by atoms with E-state index in [0.29, 0.717) is 5.92 Å². The number of rotatable bonds is 2. The van der Waals surface area contributed by atoms with Gasteiger partial charge in [0.1, 0.15) is 0 Å². The van der Waals surface area contributed by atoms with Gasteiger partial charge in [0.2, 0.25) is 5.91 Å². The molecule has 0 aliphatic carbocycles. The summed E-state index contributed by atoms with van der Waals surface area (Å²) in [6, 6.07) is 5.86. The SMILES string of the molecule is CC(C)C(C)C(=O)N1CCCc2cc(N)ccc21. The second kappa shape index (κ2) is 5.01. The third-order valence-electron chi connectivity index (χ3n) is 3.88. The molecule has 0 saturated heterocycles. The lowest BCUT2D eigenvalue weighted by molar-refractivity contribution is -0.123. The number of carbonyl (C=O) groups excluding carboxylic acids is 1. The molecular weight excluding hydrogens is 224 g/mol. The van der Waals surface area contributed by atoms with Crippen molar-refractivity contribution < 1.29 is 4.79 Å². The van der Waals surface area contributed by atoms with Gasteiger partial charge in [-0.1, -0.05) is 20.8 Å². The summed E-state index contributed by atoms with van der Waals surface area (Å²) in [5.74, 6) is 0.667. The van der Waals surface area contributed by atoms with Crippen LogP contribution in [0.1, 0.15) is 32.8 Å². The van der Waals surface area contributed by atoms with Gasteiger partial charge < -0.3 is 10.6 Å². The lowest BCUT2D eigenvalue weighted by Gasteiger charge is -2.32. The zero-order valence-electron chi connectivity index (χ0n) is 11.4. The summed E-state index contributed by atoms with van der Waals surface area (Å²) in [5, 5.41) is 0. The van der Waals surface area contributed by atoms with E-state index in [2.05, 4.69) is 13.8 Å². The first kappa shape index (κ1) is 12.9. The third-order valence-corrected chi connectivity index (χ3v) is 3.88. The van der Waals surface area contributed by atoms with E-state index in [1.54, 1.807) is 0 Å². The molecule has 0 radical (unpaired) electrons. The molecule has 1 amide bonds. The first-order valence-electron chi connectivity index (χ1n) is 6.70. The fourth-order valence-electron chi connectivity index (χ4n) is 2.38. The normalized spacial score (nSPS) is 16.6. The highest BCUT2D eigenvalue weighted by Crippen LogP contribution is 2.30. The molecule has 1 aliphatic heterocycles. The molecule has 0 aromatic heterocycles. The average Bonchev–Trinajstić information content (AvgIpc) is 2.35. The molecule has 2 N–H and O–H groups in total. The Bertz CT molecular complexity index is 454. The van der Waals surface area contributed by atoms with Crippen LogP contribution in [0.15, 0.2) is 18.2 Å². The van der Waals surface area contributed by atoms with Crippen molar-refractivity contribution in [1.29, 1.82) is 0 Å². The Balaban J connectivity index is 2.30. The van der Waals surface area contributed by atoms with Gasteiger partial charge in [-0.2, -0.15) is 0 Å². The minimum absolute atomic E-state index is 0.0634. The lowest BCUT2D eigenvalue weighted by Crippen LogP contribution is -2.40. The van der Waals surface area contributed by atoms with E-state index >= 15 is 0 Å². The molecule has 1 aliphatic rings. The molecule has 18 heavy (non-hydrogen) atoms. The summed E-state index contributed by atoms with van der Waals surface area (Å²) in [6.45, 7) is 7.03. The highest BCUT2D eigenvalue weighted by molar-refractivity contribution is 5.96. The minimum atomic E-state index is 0.0634. The monoisotopic (exact) mass is 246 g/mol. The summed E-state index contributed by atoms with van der Waals surface area (Å²) in [6.07, 6.45) is 2.03. The highest BCUT2D eigenvalue weighted by atomic mass is 16.2. The largest absolute Gasteiger partial charge is 0.399 e. The minimum Gasteiger partial charge on any atom is -0.399 e. The number of anilines is 2. The Labute approximate surface area is 109 Å². The molecule has 0 saturated carbocycles. The summed E-state index contributed by atoms with van der Waals surface area (Å²) in [5.41, 5.74) is 8.83. The van der Waals surface area contributed by atoms with Gasteiger partial charge >= 0.3 is 0 Å². The van der Waals surface area contributed by atoms with Crippen LogP contribution in [0.5, 0.6) is 0 Å². The van der Waals surface area contributed by atoms with Crippen molar-refractivity contribution >= 4 is 17.3 Å². The van der Waals surface area contributed by atoms with Crippen LogP contribution in [-0.4, -0.2) is 12.5 Å². The second-order valence-corrected chi connectivity index (χ2v) is 5.51. The van der Waals surface area contributed by atoms with Gasteiger partial charge in [0.15, 0.2) is 0 Å².